The zero-order chi connectivity index (χ0) is 21.7. The van der Waals surface area contributed by atoms with Crippen LogP contribution >= 0.6 is 23.1 Å². The molecule has 2 aromatic heterocycles. The normalized spacial score (nSPS) is 11.2. The Kier molecular flexibility index (Phi) is 6.63. The summed E-state index contributed by atoms with van der Waals surface area (Å²) in [5, 5.41) is 17.7. The molecule has 0 aliphatic carbocycles. The van der Waals surface area contributed by atoms with Crippen LogP contribution in [0.15, 0.2) is 51.4 Å². The van der Waals surface area contributed by atoms with Gasteiger partial charge in [0.25, 0.3) is 0 Å². The van der Waals surface area contributed by atoms with Gasteiger partial charge in [-0.15, -0.1) is 15.1 Å². The summed E-state index contributed by atoms with van der Waals surface area (Å²) < 4.78 is 6.76. The van der Waals surface area contributed by atoms with E-state index in [9.17, 15) is 14.5 Å². The summed E-state index contributed by atoms with van der Waals surface area (Å²) in [5.74, 6) is 0.0473. The van der Waals surface area contributed by atoms with Crippen molar-refractivity contribution in [3.05, 3.63) is 46.0 Å². The van der Waals surface area contributed by atoms with Crippen molar-refractivity contribution in [2.45, 2.75) is 31.5 Å². The van der Waals surface area contributed by atoms with E-state index in [1.165, 1.54) is 28.0 Å². The Morgan fingerprint density at radius 2 is 1.93 bits per heavy atom. The number of nitrogens with zero attached hydrogens (tertiary/aromatic N) is 4. The lowest BCUT2D eigenvalue weighted by molar-refractivity contribution is -0.113. The number of hydrogen-bond acceptors (Lipinski definition) is 9. The van der Waals surface area contributed by atoms with Gasteiger partial charge in [0.05, 0.1) is 5.75 Å². The number of thioether (sulfide) groups is 1. The van der Waals surface area contributed by atoms with E-state index in [1.54, 1.807) is 32.9 Å². The maximum absolute atomic E-state index is 12.8. The van der Waals surface area contributed by atoms with E-state index in [1.807, 2.05) is 16.8 Å². The molecular weight excluding hydrogens is 426 g/mol. The molecule has 1 amide bonds. The van der Waals surface area contributed by atoms with Crippen molar-refractivity contribution in [2.75, 3.05) is 11.1 Å². The smallest absolute Gasteiger partial charge is 0.422 e. The average Bonchev–Trinajstić information content (AvgIpc) is 3.35. The molecule has 0 fully saturated rings. The van der Waals surface area contributed by atoms with Crippen molar-refractivity contribution in [1.29, 1.82) is 0 Å². The van der Waals surface area contributed by atoms with Crippen molar-refractivity contribution >= 4 is 46.5 Å². The summed E-state index contributed by atoms with van der Waals surface area (Å²) in [4.78, 5) is 35.5. The van der Waals surface area contributed by atoms with Crippen molar-refractivity contribution in [3.8, 4) is 11.4 Å². The second-order valence-electron chi connectivity index (χ2n) is 7.11. The highest BCUT2D eigenvalue weighted by Crippen LogP contribution is 2.27. The van der Waals surface area contributed by atoms with Crippen molar-refractivity contribution in [2.24, 2.45) is 5.18 Å². The molecule has 0 atom stereocenters. The van der Waals surface area contributed by atoms with Crippen LogP contribution in [0.3, 0.4) is 0 Å². The number of amides is 1. The Hall–Kier alpha value is -3.05. The van der Waals surface area contributed by atoms with Crippen LogP contribution in [0, 0.1) is 4.91 Å². The van der Waals surface area contributed by atoms with Crippen LogP contribution in [0.4, 0.5) is 16.2 Å². The number of nitrogens with one attached hydrogen (secondary N) is 1. The van der Waals surface area contributed by atoms with E-state index in [-0.39, 0.29) is 22.5 Å². The van der Waals surface area contributed by atoms with Gasteiger partial charge in [0, 0.05) is 16.6 Å². The second kappa shape index (κ2) is 9.18. The zero-order valence-corrected chi connectivity index (χ0v) is 18.1. The molecule has 11 heteroatoms. The highest BCUT2D eigenvalue weighted by Gasteiger charge is 2.26. The van der Waals surface area contributed by atoms with Gasteiger partial charge in [-0.2, -0.15) is 11.3 Å². The summed E-state index contributed by atoms with van der Waals surface area (Å²) in [5.41, 5.74) is 0.836. The van der Waals surface area contributed by atoms with E-state index in [0.717, 1.165) is 17.3 Å². The quantitative estimate of drug-likeness (QED) is 0.423. The second-order valence-corrected chi connectivity index (χ2v) is 8.83. The third kappa shape index (κ3) is 5.51. The Morgan fingerprint density at radius 3 is 2.53 bits per heavy atom. The topological polar surface area (TPSA) is 116 Å². The van der Waals surface area contributed by atoms with Crippen molar-refractivity contribution in [1.82, 2.24) is 14.8 Å². The van der Waals surface area contributed by atoms with E-state index in [0.29, 0.717) is 11.5 Å². The Labute approximate surface area is 180 Å². The Bertz CT molecular complexity index is 1040. The van der Waals surface area contributed by atoms with Crippen LogP contribution < -0.4 is 5.32 Å². The standard InChI is InChI=1S/C19H19N5O4S2/c1-19(2,3)28-18(26)24-16(12-8-9-29-10-12)21-22-17(24)30-11-15(25)20-13-4-6-14(23-27)7-5-13/h4-10H,11H2,1-3H3,(H,20,25). The minimum absolute atomic E-state index is 0.00174. The van der Waals surface area contributed by atoms with Crippen LogP contribution in [0.1, 0.15) is 20.8 Å². The van der Waals surface area contributed by atoms with Crippen molar-refractivity contribution in [3.63, 3.8) is 0 Å². The molecule has 1 aromatic carbocycles. The number of rotatable bonds is 6. The minimum atomic E-state index is -0.699. The van der Waals surface area contributed by atoms with Crippen LogP contribution in [0.25, 0.3) is 11.4 Å². The first-order chi connectivity index (χ1) is 14.3. The molecule has 0 aliphatic heterocycles. The molecule has 2 heterocycles. The number of nitroso groups, excluding NO2 is 1. The SMILES string of the molecule is CC(C)(C)OC(=O)n1c(SCC(=O)Nc2ccc(N=O)cc2)nnc1-c1ccsc1. The van der Waals surface area contributed by atoms with Crippen LogP contribution in [-0.2, 0) is 9.53 Å². The molecule has 30 heavy (non-hydrogen) atoms. The number of carbonyl (C=O) groups excluding carboxylic acids is 2. The van der Waals surface area contributed by atoms with Crippen LogP contribution in [0.2, 0.25) is 0 Å². The number of anilines is 1. The van der Waals surface area contributed by atoms with E-state index in [4.69, 9.17) is 4.74 Å². The summed E-state index contributed by atoms with van der Waals surface area (Å²) >= 11 is 2.53. The van der Waals surface area contributed by atoms with Gasteiger partial charge in [-0.25, -0.2) is 9.36 Å². The van der Waals surface area contributed by atoms with Gasteiger partial charge in [-0.3, -0.25) is 4.79 Å². The van der Waals surface area contributed by atoms with Crippen LogP contribution in [0.5, 0.6) is 0 Å². The summed E-state index contributed by atoms with van der Waals surface area (Å²) in [6, 6.07) is 7.99. The fraction of sp³-hybridized carbons (Fsp3) is 0.263. The molecule has 0 bridgehead atoms. The molecule has 0 aliphatic rings. The molecule has 3 rings (SSSR count). The van der Waals surface area contributed by atoms with E-state index in [2.05, 4.69) is 20.7 Å². The number of ether oxygens (including phenoxy) is 1. The first-order valence-electron chi connectivity index (χ1n) is 8.84. The molecule has 156 valence electrons. The highest BCUT2D eigenvalue weighted by atomic mass is 32.2. The maximum Gasteiger partial charge on any atom is 0.422 e. The van der Waals surface area contributed by atoms with Gasteiger partial charge in [-0.05, 0) is 61.7 Å². The molecule has 0 spiro atoms. The van der Waals surface area contributed by atoms with E-state index >= 15 is 0 Å². The molecule has 1 N–H and O–H groups in total. The Balaban J connectivity index is 1.75. The zero-order valence-electron chi connectivity index (χ0n) is 16.5. The lowest BCUT2D eigenvalue weighted by atomic mass is 10.2. The predicted molar refractivity (Wildman–Crippen MR) is 116 cm³/mol. The monoisotopic (exact) mass is 445 g/mol. The molecule has 3 aromatic rings. The summed E-state index contributed by atoms with van der Waals surface area (Å²) in [6.07, 6.45) is -0.617. The molecule has 0 saturated carbocycles. The Morgan fingerprint density at radius 1 is 1.20 bits per heavy atom. The summed E-state index contributed by atoms with van der Waals surface area (Å²) in [6.45, 7) is 5.31. The maximum atomic E-state index is 12.8. The summed E-state index contributed by atoms with van der Waals surface area (Å²) in [7, 11) is 0. The number of hydrogen-bond donors (Lipinski definition) is 1. The molecule has 0 unspecified atom stereocenters. The first-order valence-corrected chi connectivity index (χ1v) is 10.8. The third-order valence-corrected chi connectivity index (χ3v) is 5.19. The first kappa shape index (κ1) is 21.7. The fourth-order valence-corrected chi connectivity index (χ4v) is 3.70. The number of thiophene rings is 1. The van der Waals surface area contributed by atoms with Gasteiger partial charge in [0.15, 0.2) is 5.82 Å². The minimum Gasteiger partial charge on any atom is -0.443 e. The highest BCUT2D eigenvalue weighted by molar-refractivity contribution is 7.99. The number of aromatic nitrogens is 3. The lowest BCUT2D eigenvalue weighted by Crippen LogP contribution is -2.28. The fourth-order valence-electron chi connectivity index (χ4n) is 2.35. The van der Waals surface area contributed by atoms with Gasteiger partial charge < -0.3 is 10.1 Å². The van der Waals surface area contributed by atoms with Crippen LogP contribution in [-0.4, -0.2) is 38.1 Å². The molecule has 0 radical (unpaired) electrons. The molecule has 9 nitrogen and oxygen atoms in total. The van der Waals surface area contributed by atoms with Gasteiger partial charge in [-0.1, -0.05) is 11.8 Å². The van der Waals surface area contributed by atoms with Gasteiger partial charge >= 0.3 is 6.09 Å². The molecule has 0 saturated heterocycles. The van der Waals surface area contributed by atoms with Gasteiger partial charge in [0.2, 0.25) is 11.1 Å². The third-order valence-electron chi connectivity index (χ3n) is 3.58. The molecular formula is C19H19N5O4S2. The number of carbonyl (C=O) groups is 2. The lowest BCUT2D eigenvalue weighted by Gasteiger charge is -2.20. The number of benzene rings is 1. The van der Waals surface area contributed by atoms with Crippen molar-refractivity contribution < 1.29 is 14.3 Å². The van der Waals surface area contributed by atoms with Gasteiger partial charge in [0.1, 0.15) is 11.3 Å². The predicted octanol–water partition coefficient (Wildman–Crippen LogP) is 4.92. The largest absolute Gasteiger partial charge is 0.443 e. The average molecular weight is 446 g/mol. The van der Waals surface area contributed by atoms with E-state index < -0.39 is 11.7 Å².